The first-order chi connectivity index (χ1) is 18.8. The van der Waals surface area contributed by atoms with E-state index < -0.39 is 5.97 Å². The highest BCUT2D eigenvalue weighted by Gasteiger charge is 2.55. The van der Waals surface area contributed by atoms with Gasteiger partial charge in [0, 0.05) is 11.4 Å². The smallest absolute Gasteiger partial charge is 0.306 e. The number of hydrogen-bond donors (Lipinski definition) is 2. The molecule has 2 fully saturated rings. The minimum Gasteiger partial charge on any atom is -0.497 e. The first-order valence-electron chi connectivity index (χ1n) is 13.2. The van der Waals surface area contributed by atoms with Gasteiger partial charge in [0.2, 0.25) is 0 Å². The second-order valence-corrected chi connectivity index (χ2v) is 11.4. The maximum Gasteiger partial charge on any atom is 0.306 e. The molecule has 200 valence electrons. The minimum atomic E-state index is -0.714. The van der Waals surface area contributed by atoms with E-state index in [4.69, 9.17) is 16.3 Å². The van der Waals surface area contributed by atoms with Crippen LogP contribution in [0.25, 0.3) is 22.0 Å². The Morgan fingerprint density at radius 2 is 1.82 bits per heavy atom. The van der Waals surface area contributed by atoms with Crippen LogP contribution in [-0.2, 0) is 4.79 Å². The number of carboxylic acid groups (broad SMARTS) is 1. The lowest BCUT2D eigenvalue weighted by atomic mass is 9.50. The summed E-state index contributed by atoms with van der Waals surface area (Å²) < 4.78 is 7.22. The molecule has 4 aromatic rings. The Kier molecular flexibility index (Phi) is 6.34. The molecule has 6 rings (SSSR count). The Bertz CT molecular complexity index is 1560. The summed E-state index contributed by atoms with van der Waals surface area (Å²) in [7, 11) is 1.66. The van der Waals surface area contributed by atoms with E-state index in [9.17, 15) is 14.7 Å². The van der Waals surface area contributed by atoms with Crippen molar-refractivity contribution in [3.8, 4) is 16.9 Å². The van der Waals surface area contributed by atoms with Crippen molar-refractivity contribution in [2.75, 3.05) is 7.11 Å². The van der Waals surface area contributed by atoms with Crippen molar-refractivity contribution < 1.29 is 19.4 Å². The van der Waals surface area contributed by atoms with Crippen LogP contribution in [0.15, 0.2) is 66.9 Å². The molecule has 2 aliphatic rings. The van der Waals surface area contributed by atoms with Crippen LogP contribution in [0.1, 0.15) is 54.6 Å². The number of carboxylic acids is 1. The zero-order valence-electron chi connectivity index (χ0n) is 21.9. The van der Waals surface area contributed by atoms with E-state index in [-0.39, 0.29) is 29.3 Å². The number of nitrogens with zero attached hydrogens (tertiary/aromatic N) is 2. The Hall–Kier alpha value is -3.84. The summed E-state index contributed by atoms with van der Waals surface area (Å²) >= 11 is 6.51. The van der Waals surface area contributed by atoms with Gasteiger partial charge in [-0.3, -0.25) is 14.3 Å². The molecule has 2 aliphatic carbocycles. The van der Waals surface area contributed by atoms with Gasteiger partial charge in [-0.15, -0.1) is 0 Å². The van der Waals surface area contributed by atoms with Crippen molar-refractivity contribution in [3.63, 3.8) is 0 Å². The van der Waals surface area contributed by atoms with Crippen molar-refractivity contribution in [2.24, 2.45) is 11.3 Å². The second kappa shape index (κ2) is 9.72. The number of aromatic nitrogens is 2. The fourth-order valence-corrected chi connectivity index (χ4v) is 6.55. The second-order valence-electron chi connectivity index (χ2n) is 11.0. The molecule has 2 N–H and O–H groups in total. The zero-order valence-corrected chi connectivity index (χ0v) is 22.6. The van der Waals surface area contributed by atoms with E-state index in [0.717, 1.165) is 40.7 Å². The third-order valence-electron chi connectivity index (χ3n) is 8.51. The predicted octanol–water partition coefficient (Wildman–Crippen LogP) is 6.35. The van der Waals surface area contributed by atoms with Gasteiger partial charge in [-0.05, 0) is 79.0 Å². The van der Waals surface area contributed by atoms with Gasteiger partial charge in [-0.2, -0.15) is 5.10 Å². The third kappa shape index (κ3) is 4.55. The molecule has 0 bridgehead atoms. The third-order valence-corrected chi connectivity index (χ3v) is 8.84. The number of carbonyl (C=O) groups excluding carboxylic acids is 1. The molecule has 0 radical (unpaired) electrons. The molecule has 1 atom stereocenters. The maximum absolute atomic E-state index is 13.4. The van der Waals surface area contributed by atoms with Crippen LogP contribution in [0.4, 0.5) is 0 Å². The highest BCUT2D eigenvalue weighted by Crippen LogP contribution is 2.58. The molecule has 3 aromatic carbocycles. The van der Waals surface area contributed by atoms with E-state index in [0.29, 0.717) is 28.9 Å². The van der Waals surface area contributed by atoms with Gasteiger partial charge in [0.15, 0.2) is 0 Å². The topological polar surface area (TPSA) is 93.5 Å². The number of halogens is 1. The van der Waals surface area contributed by atoms with Crippen molar-refractivity contribution in [3.05, 3.63) is 83.0 Å². The van der Waals surface area contributed by atoms with Crippen molar-refractivity contribution in [2.45, 2.75) is 44.7 Å². The molecule has 1 spiro atoms. The van der Waals surface area contributed by atoms with Crippen LogP contribution in [0.5, 0.6) is 5.75 Å². The lowest BCUT2D eigenvalue weighted by Crippen LogP contribution is -2.57. The van der Waals surface area contributed by atoms with E-state index in [1.165, 1.54) is 0 Å². The van der Waals surface area contributed by atoms with Gasteiger partial charge in [-0.25, -0.2) is 0 Å². The van der Waals surface area contributed by atoms with Crippen LogP contribution >= 0.6 is 11.6 Å². The summed E-state index contributed by atoms with van der Waals surface area (Å²) in [4.78, 5) is 24.6. The standard InChI is InChI=1S/C31H30ClN3O4/c1-18(19-6-8-20(9-7-19)21-4-3-5-24(12-21)39-2)35-28-25(10-11-27(32)26(28)17-33-35)29(36)34-23-15-31(16-23)13-22(14-31)30(37)38/h3-12,17-18,22-23H,13-16H2,1-2H3,(H,34,36)(H,37,38). The average molecular weight is 544 g/mol. The Labute approximate surface area is 231 Å². The molecule has 1 amide bonds. The number of rotatable bonds is 7. The van der Waals surface area contributed by atoms with E-state index >= 15 is 0 Å². The van der Waals surface area contributed by atoms with Gasteiger partial charge in [0.05, 0.1) is 41.4 Å². The monoisotopic (exact) mass is 543 g/mol. The fourth-order valence-electron chi connectivity index (χ4n) is 6.35. The fraction of sp³-hybridized carbons (Fsp3) is 0.323. The highest BCUT2D eigenvalue weighted by molar-refractivity contribution is 6.36. The SMILES string of the molecule is COc1cccc(-c2ccc(C(C)n3ncc4c(Cl)ccc(C(=O)NC5CC6(C5)CC(C(=O)O)C6)c43)cc2)c1. The Morgan fingerprint density at radius 3 is 2.51 bits per heavy atom. The van der Waals surface area contributed by atoms with E-state index in [2.05, 4.69) is 41.6 Å². The number of hydrogen-bond acceptors (Lipinski definition) is 4. The summed E-state index contributed by atoms with van der Waals surface area (Å²) in [5, 5.41) is 18.3. The molecule has 0 saturated heterocycles. The number of benzene rings is 3. The van der Waals surface area contributed by atoms with E-state index in [1.54, 1.807) is 25.4 Å². The summed E-state index contributed by atoms with van der Waals surface area (Å²) in [5.74, 6) is -0.301. The lowest BCUT2D eigenvalue weighted by Gasteiger charge is -2.56. The molecule has 1 aromatic heterocycles. The van der Waals surface area contributed by atoms with Crippen LogP contribution in [0, 0.1) is 11.3 Å². The summed E-state index contributed by atoms with van der Waals surface area (Å²) in [6.45, 7) is 2.06. The number of fused-ring (bicyclic) bond motifs is 1. The number of methoxy groups -OCH3 is 1. The predicted molar refractivity (Wildman–Crippen MR) is 150 cm³/mol. The van der Waals surface area contributed by atoms with Crippen LogP contribution in [-0.4, -0.2) is 39.9 Å². The van der Waals surface area contributed by atoms with Crippen molar-refractivity contribution in [1.29, 1.82) is 0 Å². The molecule has 1 unspecified atom stereocenters. The highest BCUT2D eigenvalue weighted by atomic mass is 35.5. The molecular weight excluding hydrogens is 514 g/mol. The molecule has 7 nitrogen and oxygen atoms in total. The lowest BCUT2D eigenvalue weighted by molar-refractivity contribution is -0.155. The first-order valence-corrected chi connectivity index (χ1v) is 13.6. The first kappa shape index (κ1) is 25.4. The molecule has 39 heavy (non-hydrogen) atoms. The van der Waals surface area contributed by atoms with Gasteiger partial charge in [0.1, 0.15) is 5.75 Å². The van der Waals surface area contributed by atoms with Crippen molar-refractivity contribution in [1.82, 2.24) is 15.1 Å². The number of carbonyl (C=O) groups is 2. The minimum absolute atomic E-state index is 0.0518. The van der Waals surface area contributed by atoms with Crippen molar-refractivity contribution >= 4 is 34.4 Å². The van der Waals surface area contributed by atoms with E-state index in [1.807, 2.05) is 28.9 Å². The summed E-state index contributed by atoms with van der Waals surface area (Å²) in [6.07, 6.45) is 4.79. The number of aliphatic carboxylic acids is 1. The molecular formula is C31H30ClN3O4. The van der Waals surface area contributed by atoms with Gasteiger partial charge >= 0.3 is 5.97 Å². The van der Waals surface area contributed by atoms with Gasteiger partial charge in [-0.1, -0.05) is 48.0 Å². The summed E-state index contributed by atoms with van der Waals surface area (Å²) in [5.41, 5.74) is 4.53. The Balaban J connectivity index is 1.22. The normalized spacial score (nSPS) is 22.6. The van der Waals surface area contributed by atoms with Gasteiger partial charge < -0.3 is 15.2 Å². The number of amides is 1. The van der Waals surface area contributed by atoms with Crippen LogP contribution < -0.4 is 10.1 Å². The zero-order chi connectivity index (χ0) is 27.3. The number of ether oxygens (including phenoxy) is 1. The largest absolute Gasteiger partial charge is 0.497 e. The maximum atomic E-state index is 13.4. The molecule has 0 aliphatic heterocycles. The Morgan fingerprint density at radius 1 is 1.08 bits per heavy atom. The van der Waals surface area contributed by atoms with Crippen LogP contribution in [0.3, 0.4) is 0 Å². The molecule has 2 saturated carbocycles. The average Bonchev–Trinajstić information content (AvgIpc) is 3.35. The quantitative estimate of drug-likeness (QED) is 0.283. The molecule has 8 heteroatoms. The summed E-state index contributed by atoms with van der Waals surface area (Å²) in [6, 6.07) is 19.7. The number of nitrogens with one attached hydrogen (secondary N) is 1. The van der Waals surface area contributed by atoms with Crippen LogP contribution in [0.2, 0.25) is 5.02 Å². The molecule has 1 heterocycles. The van der Waals surface area contributed by atoms with Gasteiger partial charge in [0.25, 0.3) is 5.91 Å².